The molecule has 0 aliphatic carbocycles. The number of aromatic nitrogens is 5. The number of aryl methyl sites for hydroxylation is 2. The van der Waals surface area contributed by atoms with Gasteiger partial charge in [0.05, 0.1) is 27.7 Å². The number of carbonyl (C=O) groups is 1. The minimum atomic E-state index is -0.731. The largest absolute Gasteiger partial charge is 0.382 e. The van der Waals surface area contributed by atoms with Crippen molar-refractivity contribution >= 4 is 34.2 Å². The van der Waals surface area contributed by atoms with Gasteiger partial charge in [0.15, 0.2) is 5.82 Å². The molecule has 0 radical (unpaired) electrons. The molecule has 0 saturated heterocycles. The van der Waals surface area contributed by atoms with Gasteiger partial charge in [0, 0.05) is 42.3 Å². The number of nitrogens with one attached hydrogen (secondary N) is 1. The first kappa shape index (κ1) is 25.3. The van der Waals surface area contributed by atoms with E-state index < -0.39 is 17.7 Å². The summed E-state index contributed by atoms with van der Waals surface area (Å²) in [7, 11) is 1.76. The lowest BCUT2D eigenvalue weighted by atomic mass is 9.93. The van der Waals surface area contributed by atoms with Crippen LogP contribution >= 0.6 is 11.6 Å². The summed E-state index contributed by atoms with van der Waals surface area (Å²) < 4.78 is 31.3. The third-order valence-corrected chi connectivity index (χ3v) is 6.53. The number of nitrogens with two attached hydrogens (primary N) is 1. The van der Waals surface area contributed by atoms with E-state index in [9.17, 15) is 13.6 Å². The highest BCUT2D eigenvalue weighted by Crippen LogP contribution is 2.38. The Hall–Kier alpha value is -4.31. The minimum absolute atomic E-state index is 0.0361. The number of nitrogens with zero attached hydrogens (tertiary/aromatic N) is 5. The molecule has 194 valence electrons. The van der Waals surface area contributed by atoms with Crippen LogP contribution in [0.3, 0.4) is 0 Å². The first-order valence-corrected chi connectivity index (χ1v) is 12.2. The Morgan fingerprint density at radius 3 is 2.58 bits per heavy atom. The Morgan fingerprint density at radius 2 is 1.87 bits per heavy atom. The van der Waals surface area contributed by atoms with Crippen molar-refractivity contribution in [1.82, 2.24) is 29.9 Å². The van der Waals surface area contributed by atoms with E-state index in [1.165, 1.54) is 16.8 Å². The molecule has 3 N–H and O–H groups in total. The molecule has 0 aliphatic heterocycles. The molecule has 3 heterocycles. The molecule has 38 heavy (non-hydrogen) atoms. The van der Waals surface area contributed by atoms with Crippen LogP contribution in [0.2, 0.25) is 5.02 Å². The SMILES string of the molecule is Cc1ccc(-c2ccc(Cl)c3c(N)nn(C)c23)c([C@H](Cc2cc(F)cc(F)c2)NC(=O)Cn2cccn2)n1. The van der Waals surface area contributed by atoms with Gasteiger partial charge in [-0.1, -0.05) is 23.7 Å². The van der Waals surface area contributed by atoms with Crippen molar-refractivity contribution in [3.63, 3.8) is 0 Å². The molecule has 8 nitrogen and oxygen atoms in total. The number of benzene rings is 2. The molecule has 0 saturated carbocycles. The lowest BCUT2D eigenvalue weighted by Crippen LogP contribution is -2.34. The van der Waals surface area contributed by atoms with E-state index in [1.807, 2.05) is 25.1 Å². The minimum Gasteiger partial charge on any atom is -0.382 e. The number of nitrogen functional groups attached to an aromatic ring is 1. The van der Waals surface area contributed by atoms with Crippen molar-refractivity contribution in [2.45, 2.75) is 25.9 Å². The number of carbonyl (C=O) groups excluding carboxylic acids is 1. The second-order valence-electron chi connectivity index (χ2n) is 9.02. The first-order chi connectivity index (χ1) is 18.2. The number of rotatable bonds is 7. The van der Waals surface area contributed by atoms with Gasteiger partial charge in [0.25, 0.3) is 0 Å². The Kier molecular flexibility index (Phi) is 6.81. The Morgan fingerprint density at radius 1 is 1.13 bits per heavy atom. The van der Waals surface area contributed by atoms with Crippen molar-refractivity contribution in [2.75, 3.05) is 5.73 Å². The first-order valence-electron chi connectivity index (χ1n) is 11.8. The highest BCUT2D eigenvalue weighted by Gasteiger charge is 2.25. The van der Waals surface area contributed by atoms with E-state index in [2.05, 4.69) is 15.5 Å². The predicted octanol–water partition coefficient (Wildman–Crippen LogP) is 4.75. The van der Waals surface area contributed by atoms with Crippen LogP contribution in [0.5, 0.6) is 0 Å². The van der Waals surface area contributed by atoms with Gasteiger partial charge < -0.3 is 11.1 Å². The molecule has 0 spiro atoms. The third kappa shape index (κ3) is 5.08. The second kappa shape index (κ2) is 10.2. The fraction of sp³-hybridized carbons (Fsp3) is 0.185. The van der Waals surface area contributed by atoms with Crippen LogP contribution in [0.15, 0.2) is 60.9 Å². The van der Waals surface area contributed by atoms with Crippen LogP contribution in [0.25, 0.3) is 22.0 Å². The van der Waals surface area contributed by atoms with Crippen LogP contribution in [-0.2, 0) is 24.8 Å². The highest BCUT2D eigenvalue weighted by atomic mass is 35.5. The summed E-state index contributed by atoms with van der Waals surface area (Å²) in [6, 6.07) is 11.6. The summed E-state index contributed by atoms with van der Waals surface area (Å²) in [5, 5.41) is 12.5. The van der Waals surface area contributed by atoms with E-state index in [4.69, 9.17) is 22.3 Å². The number of anilines is 1. The van der Waals surface area contributed by atoms with Crippen molar-refractivity contribution in [3.8, 4) is 11.1 Å². The Balaban J connectivity index is 1.64. The van der Waals surface area contributed by atoms with Crippen molar-refractivity contribution < 1.29 is 13.6 Å². The molecule has 3 aromatic heterocycles. The molecule has 5 aromatic rings. The normalized spacial score (nSPS) is 12.1. The maximum Gasteiger partial charge on any atom is 0.242 e. The average molecular weight is 536 g/mol. The molecule has 11 heteroatoms. The van der Waals surface area contributed by atoms with Crippen LogP contribution in [-0.4, -0.2) is 30.5 Å². The summed E-state index contributed by atoms with van der Waals surface area (Å²) in [6.07, 6.45) is 3.34. The van der Waals surface area contributed by atoms with Gasteiger partial charge >= 0.3 is 0 Å². The molecule has 0 aliphatic rings. The van der Waals surface area contributed by atoms with Gasteiger partial charge in [0.2, 0.25) is 5.91 Å². The summed E-state index contributed by atoms with van der Waals surface area (Å²) in [5.41, 5.74) is 9.87. The number of fused-ring (bicyclic) bond motifs is 1. The molecule has 1 atom stereocenters. The smallest absolute Gasteiger partial charge is 0.242 e. The number of pyridine rings is 1. The lowest BCUT2D eigenvalue weighted by Gasteiger charge is -2.23. The van der Waals surface area contributed by atoms with Gasteiger partial charge in [0.1, 0.15) is 18.2 Å². The van der Waals surface area contributed by atoms with E-state index in [-0.39, 0.29) is 24.7 Å². The van der Waals surface area contributed by atoms with E-state index in [1.54, 1.807) is 36.3 Å². The Bertz CT molecular complexity index is 1630. The molecule has 0 bridgehead atoms. The van der Waals surface area contributed by atoms with E-state index in [0.29, 0.717) is 38.4 Å². The van der Waals surface area contributed by atoms with E-state index >= 15 is 0 Å². The number of hydrogen-bond donors (Lipinski definition) is 2. The molecule has 2 aromatic carbocycles. The standard InChI is InChI=1S/C27H24ClF2N7O/c1-15-4-5-19(20-6-7-21(28)24-26(20)36(2)35-27(24)31)25(33-15)22(12-16-10-17(29)13-18(30)11-16)34-23(38)14-37-9-3-8-32-37/h3-11,13,22H,12,14H2,1-2H3,(H2,31,35)(H,34,38)/t22-/m0/s1. The van der Waals surface area contributed by atoms with Crippen LogP contribution in [0.4, 0.5) is 14.6 Å². The summed E-state index contributed by atoms with van der Waals surface area (Å²) >= 11 is 6.45. The van der Waals surface area contributed by atoms with Gasteiger partial charge in [-0.15, -0.1) is 0 Å². The fourth-order valence-electron chi connectivity index (χ4n) is 4.66. The van der Waals surface area contributed by atoms with Crippen molar-refractivity contribution in [2.24, 2.45) is 7.05 Å². The molecule has 0 fully saturated rings. The summed E-state index contributed by atoms with van der Waals surface area (Å²) in [6.45, 7) is 1.79. The van der Waals surface area contributed by atoms with Gasteiger partial charge in [-0.2, -0.15) is 10.2 Å². The zero-order chi connectivity index (χ0) is 27.0. The fourth-order valence-corrected chi connectivity index (χ4v) is 4.91. The molecule has 1 amide bonds. The third-order valence-electron chi connectivity index (χ3n) is 6.21. The molecular formula is C27H24ClF2N7O. The van der Waals surface area contributed by atoms with Gasteiger partial charge in [-0.25, -0.2) is 8.78 Å². The summed E-state index contributed by atoms with van der Waals surface area (Å²) in [5.74, 6) is -1.46. The molecule has 5 rings (SSSR count). The zero-order valence-electron chi connectivity index (χ0n) is 20.6. The number of halogens is 3. The lowest BCUT2D eigenvalue weighted by molar-refractivity contribution is -0.122. The maximum absolute atomic E-state index is 14.1. The number of amides is 1. The van der Waals surface area contributed by atoms with Crippen LogP contribution in [0, 0.1) is 18.6 Å². The van der Waals surface area contributed by atoms with Gasteiger partial charge in [-0.3, -0.25) is 19.1 Å². The molecular weight excluding hydrogens is 512 g/mol. The van der Waals surface area contributed by atoms with Gasteiger partial charge in [-0.05, 0) is 49.2 Å². The average Bonchev–Trinajstić information content (AvgIpc) is 3.46. The topological polar surface area (TPSA) is 104 Å². The second-order valence-corrected chi connectivity index (χ2v) is 9.43. The van der Waals surface area contributed by atoms with Crippen LogP contribution in [0.1, 0.15) is 23.0 Å². The Labute approximate surface area is 222 Å². The summed E-state index contributed by atoms with van der Waals surface area (Å²) in [4.78, 5) is 17.9. The number of hydrogen-bond acceptors (Lipinski definition) is 5. The predicted molar refractivity (Wildman–Crippen MR) is 141 cm³/mol. The maximum atomic E-state index is 14.1. The van der Waals surface area contributed by atoms with E-state index in [0.717, 1.165) is 11.6 Å². The quantitative estimate of drug-likeness (QED) is 0.313. The van der Waals surface area contributed by atoms with Crippen molar-refractivity contribution in [1.29, 1.82) is 0 Å². The molecule has 0 unspecified atom stereocenters. The monoisotopic (exact) mass is 535 g/mol. The highest BCUT2D eigenvalue weighted by molar-refractivity contribution is 6.37. The van der Waals surface area contributed by atoms with Crippen LogP contribution < -0.4 is 11.1 Å². The van der Waals surface area contributed by atoms with Crippen molar-refractivity contribution in [3.05, 3.63) is 94.5 Å². The zero-order valence-corrected chi connectivity index (χ0v) is 21.4.